The van der Waals surface area contributed by atoms with Crippen LogP contribution in [-0.4, -0.2) is 21.0 Å². The smallest absolute Gasteiger partial charge is 0.337 e. The second kappa shape index (κ2) is 4.86. The molecule has 104 valence electrons. The third-order valence-corrected chi connectivity index (χ3v) is 3.32. The summed E-state index contributed by atoms with van der Waals surface area (Å²) in [5, 5.41) is 11.2. The molecule has 3 rings (SSSR count). The van der Waals surface area contributed by atoms with Crippen molar-refractivity contribution < 1.29 is 9.90 Å². The van der Waals surface area contributed by atoms with Gasteiger partial charge in [0, 0.05) is 23.5 Å². The van der Waals surface area contributed by atoms with Gasteiger partial charge in [-0.05, 0) is 41.6 Å². The maximum atomic E-state index is 11.3. The van der Waals surface area contributed by atoms with Crippen LogP contribution in [0.15, 0.2) is 42.7 Å². The number of aryl methyl sites for hydroxylation is 1. The number of carboxylic acid groups (broad SMARTS) is 1. The van der Waals surface area contributed by atoms with Crippen LogP contribution in [0.2, 0.25) is 0 Å². The molecule has 21 heavy (non-hydrogen) atoms. The number of aromatic nitrogens is 2. The fourth-order valence-corrected chi connectivity index (χ4v) is 2.30. The first-order valence-electron chi connectivity index (χ1n) is 6.40. The number of nitrogens with two attached hydrogens (primary N) is 1. The average molecular weight is 279 g/mol. The van der Waals surface area contributed by atoms with Crippen molar-refractivity contribution in [1.82, 2.24) is 9.97 Å². The maximum absolute atomic E-state index is 11.3. The topological polar surface area (TPSA) is 89.1 Å². The number of anilines is 1. The summed E-state index contributed by atoms with van der Waals surface area (Å²) in [6.45, 7) is 1.83. The lowest BCUT2D eigenvalue weighted by Gasteiger charge is -2.08. The van der Waals surface area contributed by atoms with E-state index >= 15 is 0 Å². The molecule has 0 saturated carbocycles. The van der Waals surface area contributed by atoms with Crippen molar-refractivity contribution in [3.05, 3.63) is 54.0 Å². The Morgan fingerprint density at radius 1 is 1.10 bits per heavy atom. The van der Waals surface area contributed by atoms with Gasteiger partial charge in [0.05, 0.1) is 5.56 Å². The molecule has 0 aliphatic rings. The Hall–Kier alpha value is -2.95. The number of benzene rings is 1. The van der Waals surface area contributed by atoms with Crippen molar-refractivity contribution in [2.75, 3.05) is 5.73 Å². The molecule has 0 bridgehead atoms. The van der Waals surface area contributed by atoms with Crippen LogP contribution < -0.4 is 5.73 Å². The van der Waals surface area contributed by atoms with Crippen LogP contribution in [-0.2, 0) is 0 Å². The number of nitrogen functional groups attached to an aromatic ring is 1. The summed E-state index contributed by atoms with van der Waals surface area (Å²) in [5.74, 6) is -0.533. The van der Waals surface area contributed by atoms with E-state index in [1.54, 1.807) is 18.3 Å². The van der Waals surface area contributed by atoms with E-state index < -0.39 is 5.97 Å². The highest BCUT2D eigenvalue weighted by Crippen LogP contribution is 2.28. The molecular weight excluding hydrogens is 266 g/mol. The summed E-state index contributed by atoms with van der Waals surface area (Å²) in [6, 6.07) is 9.25. The molecule has 0 amide bonds. The second-order valence-corrected chi connectivity index (χ2v) is 4.85. The molecule has 0 fully saturated rings. The van der Waals surface area contributed by atoms with Crippen LogP contribution in [0.1, 0.15) is 16.1 Å². The van der Waals surface area contributed by atoms with Gasteiger partial charge in [-0.3, -0.25) is 4.98 Å². The molecule has 3 aromatic rings. The molecule has 0 aliphatic heterocycles. The highest BCUT2D eigenvalue weighted by Gasteiger charge is 2.13. The molecular formula is C16H13N3O2. The van der Waals surface area contributed by atoms with Gasteiger partial charge in [0.25, 0.3) is 0 Å². The van der Waals surface area contributed by atoms with Crippen LogP contribution >= 0.6 is 0 Å². The summed E-state index contributed by atoms with van der Waals surface area (Å²) in [6.07, 6.45) is 3.07. The third-order valence-electron chi connectivity index (χ3n) is 3.32. The minimum atomic E-state index is -0.993. The predicted molar refractivity (Wildman–Crippen MR) is 81.1 cm³/mol. The van der Waals surface area contributed by atoms with Gasteiger partial charge in [0.2, 0.25) is 0 Å². The number of nitrogens with zero attached hydrogens (tertiary/aromatic N) is 2. The van der Waals surface area contributed by atoms with Crippen molar-refractivity contribution in [1.29, 1.82) is 0 Å². The standard InChI is InChI=1S/C16H13N3O2/c1-9-4-13(14(8-18-9)16(20)21)11-3-2-10-6-15(17)19-7-12(10)5-11/h2-8H,1H3,(H2,17,19)(H,20,21). The van der Waals surface area contributed by atoms with Crippen LogP contribution in [0, 0.1) is 6.92 Å². The molecule has 0 unspecified atom stereocenters. The molecule has 2 heterocycles. The molecule has 5 heteroatoms. The van der Waals surface area contributed by atoms with Gasteiger partial charge < -0.3 is 10.8 Å². The number of carboxylic acids is 1. The van der Waals surface area contributed by atoms with Gasteiger partial charge in [-0.2, -0.15) is 0 Å². The molecule has 0 radical (unpaired) electrons. The molecule has 3 N–H and O–H groups in total. The largest absolute Gasteiger partial charge is 0.478 e. The summed E-state index contributed by atoms with van der Waals surface area (Å²) in [4.78, 5) is 19.5. The van der Waals surface area contributed by atoms with Gasteiger partial charge in [0.1, 0.15) is 5.82 Å². The molecule has 5 nitrogen and oxygen atoms in total. The molecule has 0 spiro atoms. The zero-order valence-corrected chi connectivity index (χ0v) is 11.4. The van der Waals surface area contributed by atoms with Crippen molar-refractivity contribution in [3.63, 3.8) is 0 Å². The summed E-state index contributed by atoms with van der Waals surface area (Å²) < 4.78 is 0. The Morgan fingerprint density at radius 3 is 2.67 bits per heavy atom. The van der Waals surface area contributed by atoms with Crippen LogP contribution in [0.5, 0.6) is 0 Å². The fraction of sp³-hybridized carbons (Fsp3) is 0.0625. The average Bonchev–Trinajstić information content (AvgIpc) is 2.46. The minimum absolute atomic E-state index is 0.184. The number of hydrogen-bond acceptors (Lipinski definition) is 4. The monoisotopic (exact) mass is 279 g/mol. The van der Waals surface area contributed by atoms with E-state index in [9.17, 15) is 9.90 Å². The molecule has 1 aromatic carbocycles. The first kappa shape index (κ1) is 13.1. The number of aromatic carboxylic acids is 1. The summed E-state index contributed by atoms with van der Waals surface area (Å²) in [5.41, 5.74) is 8.08. The minimum Gasteiger partial charge on any atom is -0.478 e. The lowest BCUT2D eigenvalue weighted by molar-refractivity contribution is 0.0697. The molecule has 0 aliphatic carbocycles. The normalized spacial score (nSPS) is 10.7. The van der Waals surface area contributed by atoms with Crippen molar-refractivity contribution >= 4 is 22.6 Å². The second-order valence-electron chi connectivity index (χ2n) is 4.85. The van der Waals surface area contributed by atoms with E-state index in [1.165, 1.54) is 6.20 Å². The van der Waals surface area contributed by atoms with Crippen molar-refractivity contribution in [2.24, 2.45) is 0 Å². The Labute approximate surface area is 121 Å². The number of hydrogen-bond donors (Lipinski definition) is 2. The van der Waals surface area contributed by atoms with Gasteiger partial charge in [0.15, 0.2) is 0 Å². The van der Waals surface area contributed by atoms with Gasteiger partial charge >= 0.3 is 5.97 Å². The lowest BCUT2D eigenvalue weighted by Crippen LogP contribution is -2.01. The quantitative estimate of drug-likeness (QED) is 0.753. The SMILES string of the molecule is Cc1cc(-c2ccc3cc(N)ncc3c2)c(C(=O)O)cn1. The lowest BCUT2D eigenvalue weighted by atomic mass is 9.98. The maximum Gasteiger partial charge on any atom is 0.337 e. The zero-order chi connectivity index (χ0) is 15.0. The first-order valence-corrected chi connectivity index (χ1v) is 6.40. The Kier molecular flexibility index (Phi) is 3.02. The Bertz CT molecular complexity index is 859. The number of fused-ring (bicyclic) bond motifs is 1. The number of carbonyl (C=O) groups is 1. The van der Waals surface area contributed by atoms with E-state index in [-0.39, 0.29) is 5.56 Å². The highest BCUT2D eigenvalue weighted by atomic mass is 16.4. The molecule has 0 atom stereocenters. The predicted octanol–water partition coefficient (Wildman–Crippen LogP) is 2.89. The van der Waals surface area contributed by atoms with Crippen LogP contribution in [0.4, 0.5) is 5.82 Å². The highest BCUT2D eigenvalue weighted by molar-refractivity contribution is 5.97. The molecule has 0 saturated heterocycles. The Morgan fingerprint density at radius 2 is 1.90 bits per heavy atom. The Balaban J connectivity index is 2.23. The van der Waals surface area contributed by atoms with E-state index in [1.807, 2.05) is 25.1 Å². The van der Waals surface area contributed by atoms with Crippen LogP contribution in [0.3, 0.4) is 0 Å². The van der Waals surface area contributed by atoms with Crippen LogP contribution in [0.25, 0.3) is 21.9 Å². The van der Waals surface area contributed by atoms with Gasteiger partial charge in [-0.25, -0.2) is 9.78 Å². The summed E-state index contributed by atoms with van der Waals surface area (Å²) >= 11 is 0. The van der Waals surface area contributed by atoms with E-state index in [2.05, 4.69) is 9.97 Å². The van der Waals surface area contributed by atoms with Gasteiger partial charge in [-0.1, -0.05) is 12.1 Å². The summed E-state index contributed by atoms with van der Waals surface area (Å²) in [7, 11) is 0. The van der Waals surface area contributed by atoms with Crippen molar-refractivity contribution in [3.8, 4) is 11.1 Å². The van der Waals surface area contributed by atoms with E-state index in [0.717, 1.165) is 22.0 Å². The number of rotatable bonds is 2. The fourth-order valence-electron chi connectivity index (χ4n) is 2.30. The van der Waals surface area contributed by atoms with Crippen molar-refractivity contribution in [2.45, 2.75) is 6.92 Å². The number of pyridine rings is 2. The van der Waals surface area contributed by atoms with Gasteiger partial charge in [-0.15, -0.1) is 0 Å². The third kappa shape index (κ3) is 2.41. The van der Waals surface area contributed by atoms with E-state index in [0.29, 0.717) is 11.4 Å². The van der Waals surface area contributed by atoms with E-state index in [4.69, 9.17) is 5.73 Å². The zero-order valence-electron chi connectivity index (χ0n) is 11.4. The first-order chi connectivity index (χ1) is 10.0. The molecule has 2 aromatic heterocycles.